The molecule has 1 saturated heterocycles. The third-order valence-electron chi connectivity index (χ3n) is 5.88. The molecule has 166 valence electrons. The van der Waals surface area contributed by atoms with E-state index in [-0.39, 0.29) is 11.9 Å². The second-order valence-corrected chi connectivity index (χ2v) is 8.96. The average molecular weight is 457 g/mol. The van der Waals surface area contributed by atoms with Crippen LogP contribution in [0.5, 0.6) is 0 Å². The van der Waals surface area contributed by atoms with E-state index in [2.05, 4.69) is 52.3 Å². The number of anilines is 1. The number of hydrogen-bond acceptors (Lipinski definition) is 6. The SMILES string of the molecule is C=CC(=O)N1CCC[C@@H](n2nc(-c3csc(/C=C/c4ccccc4)c3)c3c(N)ncnc32)C1. The topological polar surface area (TPSA) is 89.9 Å². The van der Waals surface area contributed by atoms with Gasteiger partial charge in [-0.3, -0.25) is 4.79 Å². The molecule has 1 fully saturated rings. The lowest BCUT2D eigenvalue weighted by Gasteiger charge is -2.32. The van der Waals surface area contributed by atoms with Crippen LogP contribution in [-0.2, 0) is 4.79 Å². The molecule has 4 heterocycles. The zero-order chi connectivity index (χ0) is 22.8. The molecule has 0 spiro atoms. The molecule has 0 aliphatic carbocycles. The maximum absolute atomic E-state index is 12.2. The number of carbonyl (C=O) groups is 1. The number of carbonyl (C=O) groups excluding carboxylic acids is 1. The summed E-state index contributed by atoms with van der Waals surface area (Å²) >= 11 is 1.65. The van der Waals surface area contributed by atoms with Crippen LogP contribution in [-0.4, -0.2) is 43.6 Å². The second kappa shape index (κ2) is 8.99. The molecule has 0 bridgehead atoms. The van der Waals surface area contributed by atoms with Gasteiger partial charge >= 0.3 is 0 Å². The Balaban J connectivity index is 1.51. The van der Waals surface area contributed by atoms with E-state index in [9.17, 15) is 4.79 Å². The fourth-order valence-electron chi connectivity index (χ4n) is 4.24. The van der Waals surface area contributed by atoms with E-state index in [1.165, 1.54) is 12.4 Å². The quantitative estimate of drug-likeness (QED) is 0.441. The maximum Gasteiger partial charge on any atom is 0.246 e. The minimum atomic E-state index is -0.0572. The molecule has 1 amide bonds. The number of rotatable bonds is 5. The summed E-state index contributed by atoms with van der Waals surface area (Å²) in [5.41, 5.74) is 9.88. The van der Waals surface area contributed by atoms with Crippen molar-refractivity contribution in [3.05, 3.63) is 71.2 Å². The van der Waals surface area contributed by atoms with E-state index in [1.54, 1.807) is 11.3 Å². The Labute approximate surface area is 195 Å². The number of fused-ring (bicyclic) bond motifs is 1. The van der Waals surface area contributed by atoms with Gasteiger partial charge in [0.15, 0.2) is 5.65 Å². The average Bonchev–Trinajstić information content (AvgIpc) is 3.48. The summed E-state index contributed by atoms with van der Waals surface area (Å²) in [6, 6.07) is 12.3. The van der Waals surface area contributed by atoms with E-state index in [4.69, 9.17) is 10.8 Å². The second-order valence-electron chi connectivity index (χ2n) is 8.02. The summed E-state index contributed by atoms with van der Waals surface area (Å²) in [7, 11) is 0. The van der Waals surface area contributed by atoms with Crippen LogP contribution in [0, 0.1) is 0 Å². The Bertz CT molecular complexity index is 1340. The fraction of sp³-hybridized carbons (Fsp3) is 0.200. The Morgan fingerprint density at radius 1 is 1.21 bits per heavy atom. The summed E-state index contributed by atoms with van der Waals surface area (Å²) in [5, 5.41) is 7.78. The lowest BCUT2D eigenvalue weighted by molar-refractivity contribution is -0.127. The lowest BCUT2D eigenvalue weighted by atomic mass is 10.1. The van der Waals surface area contributed by atoms with Crippen LogP contribution in [0.4, 0.5) is 5.82 Å². The van der Waals surface area contributed by atoms with Gasteiger partial charge in [0.1, 0.15) is 17.8 Å². The van der Waals surface area contributed by atoms with Crippen molar-refractivity contribution in [3.8, 4) is 11.3 Å². The number of nitrogens with two attached hydrogens (primary N) is 1. The lowest BCUT2D eigenvalue weighted by Crippen LogP contribution is -2.40. The summed E-state index contributed by atoms with van der Waals surface area (Å²) in [5.74, 6) is 0.349. The van der Waals surface area contributed by atoms with Crippen molar-refractivity contribution in [1.82, 2.24) is 24.6 Å². The summed E-state index contributed by atoms with van der Waals surface area (Å²) < 4.78 is 1.92. The number of nitrogen functional groups attached to an aromatic ring is 1. The maximum atomic E-state index is 12.2. The number of thiophene rings is 1. The first-order chi connectivity index (χ1) is 16.1. The van der Waals surface area contributed by atoms with Crippen LogP contribution in [0.1, 0.15) is 29.3 Å². The minimum Gasteiger partial charge on any atom is -0.383 e. The number of hydrogen-bond donors (Lipinski definition) is 1. The zero-order valence-corrected chi connectivity index (χ0v) is 18.9. The Morgan fingerprint density at radius 2 is 2.06 bits per heavy atom. The van der Waals surface area contributed by atoms with Gasteiger partial charge in [0, 0.05) is 28.9 Å². The van der Waals surface area contributed by atoms with E-state index in [0.717, 1.165) is 46.5 Å². The number of nitrogens with zero attached hydrogens (tertiary/aromatic N) is 5. The number of amides is 1. The smallest absolute Gasteiger partial charge is 0.246 e. The van der Waals surface area contributed by atoms with Gasteiger partial charge in [0.25, 0.3) is 0 Å². The molecular weight excluding hydrogens is 432 g/mol. The normalized spacial score (nSPS) is 16.5. The van der Waals surface area contributed by atoms with E-state index < -0.39 is 0 Å². The molecular formula is C25H24N6OS. The molecule has 2 N–H and O–H groups in total. The molecule has 1 aromatic carbocycles. The molecule has 33 heavy (non-hydrogen) atoms. The van der Waals surface area contributed by atoms with Crippen molar-refractivity contribution in [2.75, 3.05) is 18.8 Å². The highest BCUT2D eigenvalue weighted by Gasteiger charge is 2.28. The largest absolute Gasteiger partial charge is 0.383 e. The Kier molecular flexibility index (Phi) is 5.75. The molecule has 1 atom stereocenters. The Hall–Kier alpha value is -3.78. The molecule has 8 heteroatoms. The van der Waals surface area contributed by atoms with Crippen molar-refractivity contribution in [1.29, 1.82) is 0 Å². The van der Waals surface area contributed by atoms with Crippen molar-refractivity contribution >= 4 is 46.2 Å². The van der Waals surface area contributed by atoms with Crippen molar-refractivity contribution in [2.24, 2.45) is 0 Å². The van der Waals surface area contributed by atoms with Crippen LogP contribution in [0.25, 0.3) is 34.4 Å². The number of likely N-dealkylation sites (tertiary alicyclic amines) is 1. The highest BCUT2D eigenvalue weighted by atomic mass is 32.1. The molecule has 0 saturated carbocycles. The van der Waals surface area contributed by atoms with Gasteiger partial charge in [-0.25, -0.2) is 14.6 Å². The van der Waals surface area contributed by atoms with Gasteiger partial charge in [0.2, 0.25) is 5.91 Å². The van der Waals surface area contributed by atoms with Crippen molar-refractivity contribution in [2.45, 2.75) is 18.9 Å². The number of benzene rings is 1. The Morgan fingerprint density at radius 3 is 2.88 bits per heavy atom. The molecule has 1 aliphatic rings. The first-order valence-corrected chi connectivity index (χ1v) is 11.7. The van der Waals surface area contributed by atoms with E-state index >= 15 is 0 Å². The minimum absolute atomic E-state index is 0.0179. The standard InChI is InChI=1S/C25H24N6OS/c1-2-21(32)30-12-6-9-19(14-30)31-25-22(24(26)27-16-28-25)23(29-31)18-13-20(33-15-18)11-10-17-7-4-3-5-8-17/h2-5,7-8,10-11,13,15-16,19H,1,6,9,12,14H2,(H2,26,27,28)/b11-10+/t19-/m1/s1. The molecule has 4 aromatic rings. The third-order valence-corrected chi connectivity index (χ3v) is 6.78. The van der Waals surface area contributed by atoms with Gasteiger partial charge < -0.3 is 10.6 Å². The van der Waals surface area contributed by atoms with Crippen LogP contribution < -0.4 is 5.73 Å². The predicted molar refractivity (Wildman–Crippen MR) is 133 cm³/mol. The first-order valence-electron chi connectivity index (χ1n) is 10.9. The van der Waals surface area contributed by atoms with Gasteiger partial charge in [-0.1, -0.05) is 43.0 Å². The van der Waals surface area contributed by atoms with Crippen LogP contribution >= 0.6 is 11.3 Å². The van der Waals surface area contributed by atoms with Gasteiger partial charge in [-0.15, -0.1) is 11.3 Å². The molecule has 3 aromatic heterocycles. The number of aromatic nitrogens is 4. The van der Waals surface area contributed by atoms with Gasteiger partial charge in [-0.05, 0) is 36.6 Å². The fourth-order valence-corrected chi connectivity index (χ4v) is 5.03. The van der Waals surface area contributed by atoms with Crippen LogP contribution in [0.2, 0.25) is 0 Å². The zero-order valence-electron chi connectivity index (χ0n) is 18.1. The van der Waals surface area contributed by atoms with Crippen molar-refractivity contribution < 1.29 is 4.79 Å². The summed E-state index contributed by atoms with van der Waals surface area (Å²) in [4.78, 5) is 23.8. The third kappa shape index (κ3) is 4.17. The summed E-state index contributed by atoms with van der Waals surface area (Å²) in [6.45, 7) is 4.92. The highest BCUT2D eigenvalue weighted by Crippen LogP contribution is 2.36. The molecule has 0 radical (unpaired) electrons. The highest BCUT2D eigenvalue weighted by molar-refractivity contribution is 7.11. The van der Waals surface area contributed by atoms with Crippen LogP contribution in [0.3, 0.4) is 0 Å². The molecule has 0 unspecified atom stereocenters. The number of piperidine rings is 1. The summed E-state index contributed by atoms with van der Waals surface area (Å²) in [6.07, 6.45) is 8.84. The van der Waals surface area contributed by atoms with Crippen LogP contribution in [0.15, 0.2) is 60.8 Å². The van der Waals surface area contributed by atoms with Gasteiger partial charge in [-0.2, -0.15) is 5.10 Å². The van der Waals surface area contributed by atoms with E-state index in [0.29, 0.717) is 18.0 Å². The van der Waals surface area contributed by atoms with Crippen molar-refractivity contribution in [3.63, 3.8) is 0 Å². The monoisotopic (exact) mass is 456 g/mol. The molecule has 5 rings (SSSR count). The molecule has 7 nitrogen and oxygen atoms in total. The van der Waals surface area contributed by atoms with E-state index in [1.807, 2.05) is 27.8 Å². The van der Waals surface area contributed by atoms with Gasteiger partial charge in [0.05, 0.1) is 11.4 Å². The molecule has 1 aliphatic heterocycles. The first kappa shape index (κ1) is 21.1. The predicted octanol–water partition coefficient (Wildman–Crippen LogP) is 4.66.